The van der Waals surface area contributed by atoms with Gasteiger partial charge < -0.3 is 18.6 Å². The van der Waals surface area contributed by atoms with Gasteiger partial charge in [-0.1, -0.05) is 0 Å². The predicted molar refractivity (Wildman–Crippen MR) is 123 cm³/mol. The third kappa shape index (κ3) is 5.62. The van der Waals surface area contributed by atoms with Gasteiger partial charge in [0.1, 0.15) is 5.75 Å². The van der Waals surface area contributed by atoms with Gasteiger partial charge in [0.05, 0.1) is 5.56 Å². The van der Waals surface area contributed by atoms with E-state index < -0.39 is 36.2 Å². The lowest BCUT2D eigenvalue weighted by molar-refractivity contribution is -0.136. The number of carbonyl (C=O) groups excluding carboxylic acids is 2. The van der Waals surface area contributed by atoms with Crippen molar-refractivity contribution >= 4 is 17.8 Å². The number of alkyl halides is 2. The Morgan fingerprint density at radius 2 is 1.74 bits per heavy atom. The van der Waals surface area contributed by atoms with Gasteiger partial charge in [0.2, 0.25) is 5.78 Å². The van der Waals surface area contributed by atoms with Gasteiger partial charge >= 0.3 is 18.3 Å². The van der Waals surface area contributed by atoms with Crippen molar-refractivity contribution in [2.75, 3.05) is 6.61 Å². The first-order valence-corrected chi connectivity index (χ1v) is 10.4. The van der Waals surface area contributed by atoms with Gasteiger partial charge in [-0.2, -0.15) is 8.78 Å². The molecule has 2 heterocycles. The van der Waals surface area contributed by atoms with Gasteiger partial charge in [-0.3, -0.25) is 14.2 Å². The number of halogens is 2. The zero-order valence-electron chi connectivity index (χ0n) is 19.5. The zero-order valence-corrected chi connectivity index (χ0v) is 19.5. The fraction of sp³-hybridized carbons (Fsp3) is 0.250. The van der Waals surface area contributed by atoms with Gasteiger partial charge in [0.25, 0.3) is 5.56 Å². The van der Waals surface area contributed by atoms with Crippen LogP contribution in [0.15, 0.2) is 52.2 Å². The normalized spacial score (nSPS) is 11.3. The monoisotopic (exact) mass is 487 g/mol. The molecule has 0 radical (unpaired) electrons. The number of rotatable bonds is 8. The third-order valence-corrected chi connectivity index (χ3v) is 5.27. The van der Waals surface area contributed by atoms with Crippen molar-refractivity contribution in [1.82, 2.24) is 13.7 Å². The fourth-order valence-electron chi connectivity index (χ4n) is 3.59. The van der Waals surface area contributed by atoms with E-state index in [2.05, 4.69) is 4.74 Å². The highest BCUT2D eigenvalue weighted by Crippen LogP contribution is 2.24. The Bertz CT molecular complexity index is 1410. The summed E-state index contributed by atoms with van der Waals surface area (Å²) in [6.07, 6.45) is 3.50. The van der Waals surface area contributed by atoms with Crippen molar-refractivity contribution in [3.05, 3.63) is 86.0 Å². The molecule has 184 valence electrons. The second-order valence-electron chi connectivity index (χ2n) is 7.70. The number of aromatic nitrogens is 3. The number of nitrogens with zero attached hydrogens (tertiary/aromatic N) is 3. The topological polar surface area (TPSA) is 102 Å². The van der Waals surface area contributed by atoms with Crippen LogP contribution in [-0.4, -0.2) is 38.7 Å². The maximum Gasteiger partial charge on any atom is 0.387 e. The number of ether oxygens (including phenoxy) is 2. The Morgan fingerprint density at radius 1 is 1.09 bits per heavy atom. The molecular formula is C24H23F2N3O6. The summed E-state index contributed by atoms with van der Waals surface area (Å²) < 4.78 is 38.0. The molecule has 0 saturated heterocycles. The first kappa shape index (κ1) is 25.3. The molecule has 2 aromatic heterocycles. The lowest BCUT2D eigenvalue weighted by Gasteiger charge is -2.11. The largest absolute Gasteiger partial charge is 0.454 e. The summed E-state index contributed by atoms with van der Waals surface area (Å²) in [6, 6.07) is 7.60. The number of carbonyl (C=O) groups is 2. The van der Waals surface area contributed by atoms with Crippen LogP contribution in [0.4, 0.5) is 8.78 Å². The van der Waals surface area contributed by atoms with Crippen molar-refractivity contribution in [3.8, 4) is 11.4 Å². The van der Waals surface area contributed by atoms with E-state index in [4.69, 9.17) is 4.74 Å². The number of Topliss-reactive ketones (excluding diaryl/α,β-unsaturated/α-hetero) is 1. The lowest BCUT2D eigenvalue weighted by Crippen LogP contribution is -2.37. The summed E-state index contributed by atoms with van der Waals surface area (Å²) in [7, 11) is 2.79. The Kier molecular flexibility index (Phi) is 7.48. The molecule has 0 atom stereocenters. The Labute approximate surface area is 198 Å². The molecule has 0 aliphatic rings. The highest BCUT2D eigenvalue weighted by Gasteiger charge is 2.18. The molecule has 0 amide bonds. The summed E-state index contributed by atoms with van der Waals surface area (Å²) >= 11 is 0. The van der Waals surface area contributed by atoms with E-state index in [1.807, 2.05) is 0 Å². The second kappa shape index (κ2) is 10.3. The zero-order chi connectivity index (χ0) is 25.9. The molecule has 0 unspecified atom stereocenters. The van der Waals surface area contributed by atoms with E-state index in [0.29, 0.717) is 22.6 Å². The van der Waals surface area contributed by atoms with Crippen molar-refractivity contribution in [3.63, 3.8) is 0 Å². The summed E-state index contributed by atoms with van der Waals surface area (Å²) in [6.45, 7) is 0.0286. The number of esters is 1. The number of ketones is 1. The minimum atomic E-state index is -2.93. The number of hydrogen-bond donors (Lipinski definition) is 0. The second-order valence-corrected chi connectivity index (χ2v) is 7.70. The Balaban J connectivity index is 1.70. The number of hydrogen-bond acceptors (Lipinski definition) is 6. The van der Waals surface area contributed by atoms with Gasteiger partial charge in [-0.15, -0.1) is 0 Å². The van der Waals surface area contributed by atoms with Crippen LogP contribution < -0.4 is 16.0 Å². The van der Waals surface area contributed by atoms with Crippen molar-refractivity contribution in [1.29, 1.82) is 0 Å². The van der Waals surface area contributed by atoms with Crippen LogP contribution >= 0.6 is 0 Å². The maximum absolute atomic E-state index is 12.7. The van der Waals surface area contributed by atoms with E-state index >= 15 is 0 Å². The molecule has 0 fully saturated rings. The number of benzene rings is 1. The lowest BCUT2D eigenvalue weighted by atomic mass is 10.1. The fourth-order valence-corrected chi connectivity index (χ4v) is 3.59. The molecule has 3 aromatic rings. The quantitative estimate of drug-likeness (QED) is 0.275. The molecule has 0 bridgehead atoms. The number of aryl methyl sites for hydroxylation is 2. The summed E-state index contributed by atoms with van der Waals surface area (Å²) in [5.74, 6) is -1.27. The minimum Gasteiger partial charge on any atom is -0.454 e. The highest BCUT2D eigenvalue weighted by molar-refractivity contribution is 6.00. The Morgan fingerprint density at radius 3 is 2.37 bits per heavy atom. The molecule has 9 nitrogen and oxygen atoms in total. The molecule has 0 spiro atoms. The summed E-state index contributed by atoms with van der Waals surface area (Å²) in [4.78, 5) is 48.6. The van der Waals surface area contributed by atoms with Crippen molar-refractivity contribution < 1.29 is 27.8 Å². The molecule has 35 heavy (non-hydrogen) atoms. The van der Waals surface area contributed by atoms with Gasteiger partial charge in [0, 0.05) is 49.0 Å². The van der Waals surface area contributed by atoms with Crippen LogP contribution in [0, 0.1) is 13.8 Å². The van der Waals surface area contributed by atoms with Crippen LogP contribution in [-0.2, 0) is 23.6 Å². The maximum atomic E-state index is 12.7. The van der Waals surface area contributed by atoms with Crippen LogP contribution in [0.5, 0.6) is 5.75 Å². The van der Waals surface area contributed by atoms with E-state index in [9.17, 15) is 28.0 Å². The van der Waals surface area contributed by atoms with Crippen molar-refractivity contribution in [2.45, 2.75) is 20.5 Å². The predicted octanol–water partition coefficient (Wildman–Crippen LogP) is 2.53. The molecule has 0 aliphatic carbocycles. The average molecular weight is 487 g/mol. The average Bonchev–Trinajstić information content (AvgIpc) is 3.11. The van der Waals surface area contributed by atoms with Gasteiger partial charge in [-0.05, 0) is 50.3 Å². The molecular weight excluding hydrogens is 464 g/mol. The Hall–Kier alpha value is -4.28. The highest BCUT2D eigenvalue weighted by atomic mass is 19.3. The molecule has 11 heteroatoms. The van der Waals surface area contributed by atoms with E-state index in [1.54, 1.807) is 36.6 Å². The van der Waals surface area contributed by atoms with E-state index in [-0.39, 0.29) is 11.3 Å². The molecule has 0 saturated carbocycles. The van der Waals surface area contributed by atoms with Crippen LogP contribution in [0.3, 0.4) is 0 Å². The molecule has 1 aromatic carbocycles. The first-order chi connectivity index (χ1) is 16.5. The SMILES string of the molecule is Cc1cc(C(=O)COC(=O)/C=C/c2cn(C)c(=O)n(C)c2=O)c(C)n1-c1ccc(OC(F)F)cc1. The van der Waals surface area contributed by atoms with Crippen LogP contribution in [0.1, 0.15) is 27.3 Å². The first-order valence-electron chi connectivity index (χ1n) is 10.4. The molecule has 0 aliphatic heterocycles. The van der Waals surface area contributed by atoms with E-state index in [1.165, 1.54) is 43.1 Å². The van der Waals surface area contributed by atoms with Gasteiger partial charge in [-0.25, -0.2) is 9.59 Å². The molecule has 3 rings (SSSR count). The molecule has 0 N–H and O–H groups in total. The van der Waals surface area contributed by atoms with Gasteiger partial charge in [0.15, 0.2) is 6.61 Å². The van der Waals surface area contributed by atoms with Crippen LogP contribution in [0.25, 0.3) is 11.8 Å². The van der Waals surface area contributed by atoms with E-state index in [0.717, 1.165) is 10.6 Å². The third-order valence-electron chi connectivity index (χ3n) is 5.27. The van der Waals surface area contributed by atoms with Crippen molar-refractivity contribution in [2.24, 2.45) is 14.1 Å². The van der Waals surface area contributed by atoms with Crippen LogP contribution in [0.2, 0.25) is 0 Å². The summed E-state index contributed by atoms with van der Waals surface area (Å²) in [5.41, 5.74) is 1.29. The standard InChI is InChI=1S/C24H23F2N3O6/c1-14-11-19(15(2)29(14)17-6-8-18(9-7-17)35-23(25)26)20(30)13-34-21(31)10-5-16-12-27(3)24(33)28(4)22(16)32/h5-12,23H,13H2,1-4H3/b10-5+. The smallest absolute Gasteiger partial charge is 0.387 e. The summed E-state index contributed by atoms with van der Waals surface area (Å²) in [5, 5.41) is 0. The minimum absolute atomic E-state index is 0.0121.